The SMILES string of the molecule is CC(C)C.CCCCCCCCOC(=O)CC(=O)OCCCCCCCC.O=POc1ccccc1. The summed E-state index contributed by atoms with van der Waals surface area (Å²) in [7, 11) is -0.305. The van der Waals surface area contributed by atoms with Crippen LogP contribution in [0.15, 0.2) is 30.3 Å². The second kappa shape index (κ2) is 29.3. The highest BCUT2D eigenvalue weighted by Crippen LogP contribution is 2.12. The molecule has 0 heterocycles. The molecule has 0 aromatic heterocycles. The molecule has 0 aliphatic carbocycles. The molecule has 1 aromatic carbocycles. The fourth-order valence-corrected chi connectivity index (χ4v) is 3.09. The van der Waals surface area contributed by atoms with Crippen LogP contribution in [-0.4, -0.2) is 25.2 Å². The Labute approximate surface area is 222 Å². The fourth-order valence-electron chi connectivity index (χ4n) is 2.88. The number of benzene rings is 1. The third-order valence-electron chi connectivity index (χ3n) is 4.70. The number of carbonyl (C=O) groups is 2. The van der Waals surface area contributed by atoms with Gasteiger partial charge in [-0.1, -0.05) is 117 Å². The summed E-state index contributed by atoms with van der Waals surface area (Å²) < 4.78 is 24.6. The maximum absolute atomic E-state index is 11.5. The zero-order valence-corrected chi connectivity index (χ0v) is 24.4. The molecule has 0 radical (unpaired) electrons. The van der Waals surface area contributed by atoms with Gasteiger partial charge in [0.2, 0.25) is 0 Å². The number of para-hydroxylation sites is 1. The van der Waals surface area contributed by atoms with E-state index in [-0.39, 0.29) is 15.1 Å². The molecule has 0 N–H and O–H groups in total. The number of esters is 2. The third kappa shape index (κ3) is 32.1. The Kier molecular flexibility index (Phi) is 29.5. The van der Waals surface area contributed by atoms with Crippen LogP contribution in [0.5, 0.6) is 5.75 Å². The van der Waals surface area contributed by atoms with E-state index in [1.807, 2.05) is 18.2 Å². The molecule has 0 aliphatic heterocycles. The standard InChI is InChI=1S/C19H36O4.C6H5O2P.C4H10/c1-3-5-7-9-11-13-15-22-18(20)17-19(21)23-16-14-12-10-8-6-4-2;7-9-8-6-4-2-1-3-5-6;1-4(2)3/h3-17H2,1-2H3;1-5H;4H,1-3H3. The summed E-state index contributed by atoms with van der Waals surface area (Å²) in [6.45, 7) is 11.7. The molecule has 208 valence electrons. The average Bonchev–Trinajstić information content (AvgIpc) is 2.84. The topological polar surface area (TPSA) is 78.9 Å². The minimum atomic E-state index is -0.466. The number of rotatable bonds is 18. The Bertz CT molecular complexity index is 591. The molecular weight excluding hydrogens is 475 g/mol. The molecule has 0 atom stereocenters. The molecule has 0 fully saturated rings. The summed E-state index contributed by atoms with van der Waals surface area (Å²) in [5.41, 5.74) is 0. The smallest absolute Gasteiger partial charge is 0.395 e. The van der Waals surface area contributed by atoms with E-state index in [0.717, 1.165) is 31.6 Å². The second-order valence-electron chi connectivity index (χ2n) is 9.36. The monoisotopic (exact) mass is 526 g/mol. The summed E-state index contributed by atoms with van der Waals surface area (Å²) in [4.78, 5) is 22.9. The van der Waals surface area contributed by atoms with Crippen molar-refractivity contribution in [2.45, 2.75) is 118 Å². The lowest BCUT2D eigenvalue weighted by molar-refractivity contribution is -0.154. The van der Waals surface area contributed by atoms with Crippen molar-refractivity contribution in [2.75, 3.05) is 13.2 Å². The van der Waals surface area contributed by atoms with E-state index in [1.165, 1.54) is 51.4 Å². The van der Waals surface area contributed by atoms with Gasteiger partial charge in [-0.15, -0.1) is 0 Å². The van der Waals surface area contributed by atoms with Crippen LogP contribution >= 0.6 is 8.69 Å². The van der Waals surface area contributed by atoms with Gasteiger partial charge in [-0.3, -0.25) is 9.59 Å². The zero-order valence-electron chi connectivity index (χ0n) is 23.5. The first-order valence-corrected chi connectivity index (χ1v) is 14.5. The van der Waals surface area contributed by atoms with E-state index >= 15 is 0 Å². The van der Waals surface area contributed by atoms with Crippen molar-refractivity contribution in [3.8, 4) is 5.75 Å². The van der Waals surface area contributed by atoms with Crippen LogP contribution in [0.25, 0.3) is 0 Å². The van der Waals surface area contributed by atoms with Gasteiger partial charge >= 0.3 is 20.6 Å². The Morgan fingerprint density at radius 3 is 1.47 bits per heavy atom. The predicted octanol–water partition coefficient (Wildman–Crippen LogP) is 9.12. The van der Waals surface area contributed by atoms with Gasteiger partial charge in [-0.25, -0.2) is 4.57 Å². The van der Waals surface area contributed by atoms with Gasteiger partial charge in [-0.05, 0) is 30.9 Å². The van der Waals surface area contributed by atoms with E-state index in [1.54, 1.807) is 12.1 Å². The Morgan fingerprint density at radius 1 is 0.694 bits per heavy atom. The van der Waals surface area contributed by atoms with Gasteiger partial charge in [-0.2, -0.15) is 0 Å². The number of hydrogen-bond donors (Lipinski definition) is 0. The Hall–Kier alpha value is -1.94. The van der Waals surface area contributed by atoms with Crippen LogP contribution in [0.4, 0.5) is 0 Å². The van der Waals surface area contributed by atoms with Crippen LogP contribution in [0.3, 0.4) is 0 Å². The van der Waals surface area contributed by atoms with Crippen LogP contribution in [0.1, 0.15) is 118 Å². The summed E-state index contributed by atoms with van der Waals surface area (Å²) in [5, 5.41) is 0. The van der Waals surface area contributed by atoms with Crippen molar-refractivity contribution in [2.24, 2.45) is 5.92 Å². The zero-order chi connectivity index (χ0) is 27.3. The molecule has 0 saturated heterocycles. The van der Waals surface area contributed by atoms with Crippen molar-refractivity contribution >= 4 is 20.6 Å². The third-order valence-corrected chi connectivity index (χ3v) is 4.98. The molecule has 0 aliphatic rings. The number of unbranched alkanes of at least 4 members (excludes halogenated alkanes) is 10. The quantitative estimate of drug-likeness (QED) is 0.0821. The Morgan fingerprint density at radius 2 is 1.08 bits per heavy atom. The highest BCUT2D eigenvalue weighted by molar-refractivity contribution is 7.17. The van der Waals surface area contributed by atoms with Gasteiger partial charge in [0, 0.05) is 0 Å². The summed E-state index contributed by atoms with van der Waals surface area (Å²) in [6, 6.07) is 8.99. The molecule has 0 unspecified atom stereocenters. The summed E-state index contributed by atoms with van der Waals surface area (Å²) in [6.07, 6.45) is 13.5. The van der Waals surface area contributed by atoms with Gasteiger partial charge in [0.05, 0.1) is 13.2 Å². The van der Waals surface area contributed by atoms with E-state index in [2.05, 4.69) is 39.1 Å². The van der Waals surface area contributed by atoms with Gasteiger partial charge in [0.15, 0.2) is 0 Å². The average molecular weight is 527 g/mol. The van der Waals surface area contributed by atoms with E-state index in [9.17, 15) is 14.2 Å². The van der Waals surface area contributed by atoms with Crippen LogP contribution in [0, 0.1) is 5.92 Å². The molecule has 1 rings (SSSR count). The van der Waals surface area contributed by atoms with Crippen molar-refractivity contribution in [3.63, 3.8) is 0 Å². The summed E-state index contributed by atoms with van der Waals surface area (Å²) in [5.74, 6) is 0.521. The first-order chi connectivity index (χ1) is 17.4. The highest BCUT2D eigenvalue weighted by atomic mass is 31.1. The predicted molar refractivity (Wildman–Crippen MR) is 148 cm³/mol. The molecule has 0 amide bonds. The van der Waals surface area contributed by atoms with Crippen LogP contribution in [0.2, 0.25) is 0 Å². The van der Waals surface area contributed by atoms with Crippen molar-refractivity contribution in [1.82, 2.24) is 0 Å². The van der Waals surface area contributed by atoms with Crippen molar-refractivity contribution in [1.29, 1.82) is 0 Å². The lowest BCUT2D eigenvalue weighted by Gasteiger charge is -2.06. The summed E-state index contributed by atoms with van der Waals surface area (Å²) >= 11 is 0. The van der Waals surface area contributed by atoms with E-state index in [0.29, 0.717) is 19.0 Å². The first kappa shape index (κ1) is 36.2. The minimum absolute atomic E-state index is 0.258. The van der Waals surface area contributed by atoms with Gasteiger partial charge in [0.25, 0.3) is 0 Å². The molecule has 6 nitrogen and oxygen atoms in total. The number of hydrogen-bond acceptors (Lipinski definition) is 6. The molecule has 36 heavy (non-hydrogen) atoms. The highest BCUT2D eigenvalue weighted by Gasteiger charge is 2.11. The molecule has 1 aromatic rings. The molecule has 0 saturated carbocycles. The first-order valence-electron chi connectivity index (χ1n) is 13.7. The minimum Gasteiger partial charge on any atom is -0.465 e. The molecular formula is C29H51O6P. The molecule has 0 bridgehead atoms. The van der Waals surface area contributed by atoms with E-state index in [4.69, 9.17) is 9.47 Å². The largest absolute Gasteiger partial charge is 0.465 e. The van der Waals surface area contributed by atoms with Crippen molar-refractivity contribution < 1.29 is 28.2 Å². The van der Waals surface area contributed by atoms with E-state index < -0.39 is 11.9 Å². The number of ether oxygens (including phenoxy) is 2. The van der Waals surface area contributed by atoms with Crippen LogP contribution < -0.4 is 4.52 Å². The Balaban J connectivity index is 0. The van der Waals surface area contributed by atoms with Crippen molar-refractivity contribution in [3.05, 3.63) is 30.3 Å². The molecule has 0 spiro atoms. The number of carbonyl (C=O) groups excluding carboxylic acids is 2. The fraction of sp³-hybridized carbons (Fsp3) is 0.724. The second-order valence-corrected chi connectivity index (χ2v) is 9.70. The van der Waals surface area contributed by atoms with Crippen LogP contribution in [-0.2, 0) is 23.6 Å². The maximum Gasteiger partial charge on any atom is 0.395 e. The normalized spacial score (nSPS) is 10.1. The maximum atomic E-state index is 11.5. The molecule has 7 heteroatoms. The van der Waals surface area contributed by atoms with Gasteiger partial charge in [0.1, 0.15) is 12.2 Å². The lowest BCUT2D eigenvalue weighted by Crippen LogP contribution is -2.15. The van der Waals surface area contributed by atoms with Gasteiger partial charge < -0.3 is 14.0 Å². The lowest BCUT2D eigenvalue weighted by atomic mass is 10.1.